The number of rotatable bonds is 9. The zero-order valence-electron chi connectivity index (χ0n) is 25.1. The lowest BCUT2D eigenvalue weighted by atomic mass is 9.90. The maximum Gasteiger partial charge on any atom is 0.420 e. The highest BCUT2D eigenvalue weighted by Gasteiger charge is 2.37. The van der Waals surface area contributed by atoms with Crippen molar-refractivity contribution in [3.8, 4) is 28.5 Å². The number of aromatic nitrogens is 7. The number of amides is 2. The van der Waals surface area contributed by atoms with E-state index in [1.807, 2.05) is 6.07 Å². The number of ether oxygens (including phenoxy) is 1. The van der Waals surface area contributed by atoms with Crippen molar-refractivity contribution in [1.29, 1.82) is 0 Å². The molecule has 4 aromatic rings. The fourth-order valence-corrected chi connectivity index (χ4v) is 5.75. The second kappa shape index (κ2) is 13.1. The van der Waals surface area contributed by atoms with Gasteiger partial charge in [-0.3, -0.25) is 9.58 Å². The molecule has 16 heteroatoms. The molecule has 0 bridgehead atoms. The first kappa shape index (κ1) is 31.5. The van der Waals surface area contributed by atoms with Gasteiger partial charge < -0.3 is 15.4 Å². The van der Waals surface area contributed by atoms with Crippen molar-refractivity contribution in [3.05, 3.63) is 53.7 Å². The van der Waals surface area contributed by atoms with Crippen LogP contribution < -0.4 is 20.3 Å². The van der Waals surface area contributed by atoms with Crippen molar-refractivity contribution < 1.29 is 22.7 Å². The van der Waals surface area contributed by atoms with Gasteiger partial charge in [0.2, 0.25) is 5.95 Å². The minimum Gasteiger partial charge on any atom is -0.467 e. The van der Waals surface area contributed by atoms with Crippen molar-refractivity contribution in [3.63, 3.8) is 0 Å². The molecule has 2 fully saturated rings. The number of methoxy groups -OCH3 is 1. The molecule has 0 aromatic carbocycles. The summed E-state index contributed by atoms with van der Waals surface area (Å²) in [6.07, 6.45) is 7.17. The first-order valence-corrected chi connectivity index (χ1v) is 15.3. The van der Waals surface area contributed by atoms with Gasteiger partial charge in [0.05, 0.1) is 12.1 Å². The van der Waals surface area contributed by atoms with Crippen molar-refractivity contribution in [2.24, 2.45) is 13.0 Å². The van der Waals surface area contributed by atoms with Crippen LogP contribution in [0.5, 0.6) is 6.01 Å². The lowest BCUT2D eigenvalue weighted by molar-refractivity contribution is -0.137. The van der Waals surface area contributed by atoms with Crippen LogP contribution in [0.4, 0.5) is 29.7 Å². The maximum atomic E-state index is 13.8. The molecule has 46 heavy (non-hydrogen) atoms. The van der Waals surface area contributed by atoms with E-state index in [1.165, 1.54) is 18.0 Å². The van der Waals surface area contributed by atoms with E-state index in [1.54, 1.807) is 36.6 Å². The molecular weight excluding hydrogens is 625 g/mol. The average molecular weight is 657 g/mol. The highest BCUT2D eigenvalue weighted by Crippen LogP contribution is 2.38. The highest BCUT2D eigenvalue weighted by molar-refractivity contribution is 6.32. The van der Waals surface area contributed by atoms with E-state index >= 15 is 0 Å². The number of nitrogens with one attached hydrogen (secondary N) is 2. The molecule has 2 N–H and O–H groups in total. The normalized spacial score (nSPS) is 18.2. The zero-order chi connectivity index (χ0) is 32.4. The molecule has 6 rings (SSSR count). The van der Waals surface area contributed by atoms with Crippen molar-refractivity contribution in [1.82, 2.24) is 40.0 Å². The van der Waals surface area contributed by atoms with E-state index in [4.69, 9.17) is 16.3 Å². The third kappa shape index (κ3) is 7.14. The van der Waals surface area contributed by atoms with E-state index in [9.17, 15) is 18.0 Å². The van der Waals surface area contributed by atoms with E-state index in [0.29, 0.717) is 44.0 Å². The van der Waals surface area contributed by atoms with Gasteiger partial charge in [-0.1, -0.05) is 11.6 Å². The van der Waals surface area contributed by atoms with Crippen LogP contribution in [0.2, 0.25) is 5.02 Å². The van der Waals surface area contributed by atoms with Crippen LogP contribution in [0.15, 0.2) is 43.1 Å². The van der Waals surface area contributed by atoms with Gasteiger partial charge in [-0.15, -0.1) is 0 Å². The van der Waals surface area contributed by atoms with Crippen LogP contribution in [0, 0.1) is 5.92 Å². The summed E-state index contributed by atoms with van der Waals surface area (Å²) in [7, 11) is 3.06. The minimum absolute atomic E-state index is 0.0481. The van der Waals surface area contributed by atoms with Crippen LogP contribution >= 0.6 is 11.6 Å². The molecule has 0 aliphatic heterocycles. The Balaban J connectivity index is 1.17. The maximum absolute atomic E-state index is 13.8. The predicted molar refractivity (Wildman–Crippen MR) is 164 cm³/mol. The number of halogens is 4. The molecule has 0 radical (unpaired) electrons. The molecular formula is C30H32ClF3N10O2. The Kier molecular flexibility index (Phi) is 8.93. The van der Waals surface area contributed by atoms with Gasteiger partial charge in [0.1, 0.15) is 22.8 Å². The van der Waals surface area contributed by atoms with Crippen molar-refractivity contribution in [2.45, 2.75) is 56.8 Å². The number of pyridine rings is 1. The third-order valence-corrected chi connectivity index (χ3v) is 8.37. The molecule has 0 saturated heterocycles. The Labute approximate surface area is 267 Å². The smallest absolute Gasteiger partial charge is 0.420 e. The number of anilines is 2. The molecule has 242 valence electrons. The molecule has 2 saturated carbocycles. The summed E-state index contributed by atoms with van der Waals surface area (Å²) in [5.74, 6) is 1.07. The standard InChI is InChI=1S/C30H32ClF3N10O2/c1-43-16-23(31)26(42-43)25-22(30(32,33)34)15-36-27(41-25)40-20-6-8-21(9-7-20)44(29(45)39-11-17-3-4-17)24-10-5-18(12-35-24)19-13-37-28(46-2)38-14-19/h5,10,12-17,20-21H,3-4,6-9,11H2,1-2H3,(H,39,45)(H,36,40,41). The second-order valence-electron chi connectivity index (χ2n) is 11.5. The Morgan fingerprint density at radius 2 is 1.72 bits per heavy atom. The van der Waals surface area contributed by atoms with E-state index in [-0.39, 0.29) is 40.8 Å². The summed E-state index contributed by atoms with van der Waals surface area (Å²) in [6, 6.07) is 3.47. The van der Waals surface area contributed by atoms with Gasteiger partial charge in [0.25, 0.3) is 0 Å². The van der Waals surface area contributed by atoms with Gasteiger partial charge in [0.15, 0.2) is 0 Å². The zero-order valence-corrected chi connectivity index (χ0v) is 25.9. The van der Waals surface area contributed by atoms with Crippen LogP contribution in [-0.2, 0) is 13.2 Å². The van der Waals surface area contributed by atoms with E-state index in [0.717, 1.165) is 30.2 Å². The summed E-state index contributed by atoms with van der Waals surface area (Å²) in [5.41, 5.74) is 0.0685. The van der Waals surface area contributed by atoms with Crippen molar-refractivity contribution >= 4 is 29.4 Å². The highest BCUT2D eigenvalue weighted by atomic mass is 35.5. The molecule has 4 aromatic heterocycles. The monoisotopic (exact) mass is 656 g/mol. The average Bonchev–Trinajstić information content (AvgIpc) is 3.82. The predicted octanol–water partition coefficient (Wildman–Crippen LogP) is 5.76. The molecule has 0 atom stereocenters. The SMILES string of the molecule is COc1ncc(-c2ccc(N(C(=O)NCC3CC3)C3CCC(Nc4ncc(C(F)(F)F)c(-c5nn(C)cc5Cl)n4)CC3)nc2)cn1. The number of aryl methyl sites for hydroxylation is 1. The van der Waals surface area contributed by atoms with E-state index in [2.05, 4.69) is 40.7 Å². The van der Waals surface area contributed by atoms with Crippen LogP contribution in [-0.4, -0.2) is 66.5 Å². The van der Waals surface area contributed by atoms with Crippen LogP contribution in [0.3, 0.4) is 0 Å². The molecule has 2 amide bonds. The largest absolute Gasteiger partial charge is 0.467 e. The topological polar surface area (TPSA) is 136 Å². The molecule has 2 aliphatic carbocycles. The number of urea groups is 1. The molecule has 0 spiro atoms. The van der Waals surface area contributed by atoms with Gasteiger partial charge in [-0.2, -0.15) is 18.3 Å². The molecule has 2 aliphatic rings. The Morgan fingerprint density at radius 3 is 2.30 bits per heavy atom. The third-order valence-electron chi connectivity index (χ3n) is 8.09. The second-order valence-corrected chi connectivity index (χ2v) is 11.9. The number of hydrogen-bond donors (Lipinski definition) is 2. The lowest BCUT2D eigenvalue weighted by Gasteiger charge is -2.36. The van der Waals surface area contributed by atoms with Crippen LogP contribution in [0.25, 0.3) is 22.5 Å². The summed E-state index contributed by atoms with van der Waals surface area (Å²) in [6.45, 7) is 0.612. The number of carbonyl (C=O) groups excluding carboxylic acids is 1. The molecule has 12 nitrogen and oxygen atoms in total. The summed E-state index contributed by atoms with van der Waals surface area (Å²) in [4.78, 5) is 36.3. The van der Waals surface area contributed by atoms with Crippen molar-refractivity contribution in [2.75, 3.05) is 23.9 Å². The number of nitrogens with zero attached hydrogens (tertiary/aromatic N) is 8. The first-order valence-electron chi connectivity index (χ1n) is 14.9. The fourth-order valence-electron chi connectivity index (χ4n) is 5.49. The Hall–Kier alpha value is -4.53. The van der Waals surface area contributed by atoms with E-state index < -0.39 is 17.4 Å². The summed E-state index contributed by atoms with van der Waals surface area (Å²) in [5, 5.41) is 10.4. The molecule has 4 heterocycles. The quantitative estimate of drug-likeness (QED) is 0.230. The van der Waals surface area contributed by atoms with Gasteiger partial charge in [-0.25, -0.2) is 29.7 Å². The molecule has 0 unspecified atom stereocenters. The Bertz CT molecular complexity index is 1670. The summed E-state index contributed by atoms with van der Waals surface area (Å²) >= 11 is 6.18. The van der Waals surface area contributed by atoms with Gasteiger partial charge in [-0.05, 0) is 56.6 Å². The van der Waals surface area contributed by atoms with Gasteiger partial charge in [0, 0.05) is 67.8 Å². The first-order chi connectivity index (χ1) is 22.1. The number of alkyl halides is 3. The van der Waals surface area contributed by atoms with Gasteiger partial charge >= 0.3 is 18.2 Å². The fraction of sp³-hybridized carbons (Fsp3) is 0.433. The minimum atomic E-state index is -4.69. The van der Waals surface area contributed by atoms with Crippen LogP contribution in [0.1, 0.15) is 44.1 Å². The number of hydrogen-bond acceptors (Lipinski definition) is 9. The Morgan fingerprint density at radius 1 is 1.00 bits per heavy atom. The lowest BCUT2D eigenvalue weighted by Crippen LogP contribution is -2.49. The number of carbonyl (C=O) groups is 1. The summed E-state index contributed by atoms with van der Waals surface area (Å²) < 4.78 is 47.7.